The van der Waals surface area contributed by atoms with Gasteiger partial charge < -0.3 is 14.6 Å². The van der Waals surface area contributed by atoms with Gasteiger partial charge in [-0.3, -0.25) is 4.79 Å². The average Bonchev–Trinajstić information content (AvgIpc) is 3.47. The Labute approximate surface area is 180 Å². The molecule has 6 heteroatoms. The van der Waals surface area contributed by atoms with Crippen LogP contribution in [0.1, 0.15) is 53.5 Å². The molecule has 1 fully saturated rings. The van der Waals surface area contributed by atoms with Crippen molar-refractivity contribution in [3.05, 3.63) is 65.5 Å². The lowest BCUT2D eigenvalue weighted by atomic mass is 9.88. The Morgan fingerprint density at radius 2 is 1.81 bits per heavy atom. The van der Waals surface area contributed by atoms with E-state index < -0.39 is 0 Å². The highest BCUT2D eigenvalue weighted by Crippen LogP contribution is 2.34. The van der Waals surface area contributed by atoms with Gasteiger partial charge in [-0.15, -0.1) is 0 Å². The predicted octanol–water partition coefficient (Wildman–Crippen LogP) is 4.78. The Hall–Kier alpha value is -3.41. The fourth-order valence-electron chi connectivity index (χ4n) is 4.95. The van der Waals surface area contributed by atoms with Crippen LogP contribution >= 0.6 is 0 Å². The zero-order valence-corrected chi connectivity index (χ0v) is 17.3. The van der Waals surface area contributed by atoms with Crippen molar-refractivity contribution in [2.75, 3.05) is 18.0 Å². The van der Waals surface area contributed by atoms with Gasteiger partial charge in [0.1, 0.15) is 11.1 Å². The van der Waals surface area contributed by atoms with E-state index >= 15 is 0 Å². The molecule has 4 aromatic rings. The Morgan fingerprint density at radius 3 is 2.71 bits per heavy atom. The quantitative estimate of drug-likeness (QED) is 0.524. The minimum atomic E-state index is -0.227. The van der Waals surface area contributed by atoms with Gasteiger partial charge in [-0.25, -0.2) is 9.97 Å². The van der Waals surface area contributed by atoms with Crippen molar-refractivity contribution in [2.45, 2.75) is 38.1 Å². The minimum Gasteiger partial charge on any atom is -0.450 e. The maximum Gasteiger partial charge on any atom is 0.289 e. The van der Waals surface area contributed by atoms with Crippen molar-refractivity contribution in [1.29, 1.82) is 0 Å². The van der Waals surface area contributed by atoms with E-state index in [0.717, 1.165) is 62.0 Å². The van der Waals surface area contributed by atoms with E-state index in [1.165, 1.54) is 11.1 Å². The summed E-state index contributed by atoms with van der Waals surface area (Å²) in [5.41, 5.74) is 4.67. The maximum absolute atomic E-state index is 13.3. The third-order valence-electron chi connectivity index (χ3n) is 6.49. The van der Waals surface area contributed by atoms with Gasteiger partial charge in [0, 0.05) is 18.5 Å². The lowest BCUT2D eigenvalue weighted by Crippen LogP contribution is -2.32. The number of benzene rings is 2. The summed E-state index contributed by atoms with van der Waals surface area (Å²) in [6.07, 6.45) is 5.29. The molecule has 1 N–H and O–H groups in total. The number of carbonyl (C=O) groups excluding carboxylic acids is 1. The number of fused-ring (bicyclic) bond motifs is 4. The number of nitrogens with one attached hydrogen (secondary N) is 1. The standard InChI is InChI=1S/C25H24N4O2/c30-25(26-19-12-7-9-16-8-1-2-10-17(16)19)23-27-21-18-11-3-4-13-20(18)31-22(21)24(28-23)29-14-5-6-15-29/h1-4,8,10-11,13,19H,5-7,9,12,14-15H2,(H,26,30). The van der Waals surface area contributed by atoms with Crippen molar-refractivity contribution in [1.82, 2.24) is 15.3 Å². The van der Waals surface area contributed by atoms with E-state index in [1.807, 2.05) is 30.3 Å². The minimum absolute atomic E-state index is 0.00641. The first-order valence-electron chi connectivity index (χ1n) is 11.1. The van der Waals surface area contributed by atoms with Crippen molar-refractivity contribution in [2.24, 2.45) is 0 Å². The molecule has 6 rings (SSSR count). The predicted molar refractivity (Wildman–Crippen MR) is 120 cm³/mol. The van der Waals surface area contributed by atoms with Crippen LogP contribution in [0.5, 0.6) is 0 Å². The number of anilines is 1. The first-order chi connectivity index (χ1) is 15.3. The smallest absolute Gasteiger partial charge is 0.289 e. The highest BCUT2D eigenvalue weighted by atomic mass is 16.3. The first-order valence-corrected chi connectivity index (χ1v) is 11.1. The third-order valence-corrected chi connectivity index (χ3v) is 6.49. The summed E-state index contributed by atoms with van der Waals surface area (Å²) in [5.74, 6) is 0.714. The van der Waals surface area contributed by atoms with E-state index in [1.54, 1.807) is 0 Å². The van der Waals surface area contributed by atoms with Crippen molar-refractivity contribution >= 4 is 33.8 Å². The highest BCUT2D eigenvalue weighted by Gasteiger charge is 2.27. The first kappa shape index (κ1) is 18.4. The van der Waals surface area contributed by atoms with E-state index in [4.69, 9.17) is 9.40 Å². The number of aromatic nitrogens is 2. The number of carbonyl (C=O) groups is 1. The largest absolute Gasteiger partial charge is 0.450 e. The molecular formula is C25H24N4O2. The Kier molecular flexibility index (Phi) is 4.37. The van der Waals surface area contributed by atoms with Gasteiger partial charge in [0.15, 0.2) is 11.4 Å². The molecule has 0 saturated carbocycles. The number of hydrogen-bond donors (Lipinski definition) is 1. The second-order valence-electron chi connectivity index (χ2n) is 8.46. The fraction of sp³-hybridized carbons (Fsp3) is 0.320. The third kappa shape index (κ3) is 3.14. The van der Waals surface area contributed by atoms with Crippen LogP contribution in [-0.2, 0) is 6.42 Å². The second-order valence-corrected chi connectivity index (χ2v) is 8.46. The SMILES string of the molecule is O=C(NC1CCCc2ccccc21)c1nc(N2CCCC2)c2oc3ccccc3c2n1. The summed E-state index contributed by atoms with van der Waals surface area (Å²) in [6.45, 7) is 1.83. The molecule has 1 saturated heterocycles. The van der Waals surface area contributed by atoms with Crippen LogP contribution in [0.15, 0.2) is 52.9 Å². The molecule has 156 valence electrons. The van der Waals surface area contributed by atoms with Crippen LogP contribution in [0.3, 0.4) is 0 Å². The topological polar surface area (TPSA) is 71.3 Å². The normalized spacial score (nSPS) is 18.5. The fourth-order valence-corrected chi connectivity index (χ4v) is 4.95. The summed E-state index contributed by atoms with van der Waals surface area (Å²) in [5, 5.41) is 4.12. The molecule has 2 aliphatic rings. The highest BCUT2D eigenvalue weighted by molar-refractivity contribution is 6.07. The molecule has 2 aromatic heterocycles. The molecule has 6 nitrogen and oxygen atoms in total. The van der Waals surface area contributed by atoms with Crippen LogP contribution in [0.25, 0.3) is 22.1 Å². The summed E-state index contributed by atoms with van der Waals surface area (Å²) < 4.78 is 6.13. The Bertz CT molecular complexity index is 1290. The number of furan rings is 1. The Morgan fingerprint density at radius 1 is 1.00 bits per heavy atom. The van der Waals surface area contributed by atoms with E-state index in [0.29, 0.717) is 11.1 Å². The van der Waals surface area contributed by atoms with E-state index in [2.05, 4.69) is 33.4 Å². The summed E-state index contributed by atoms with van der Waals surface area (Å²) in [7, 11) is 0. The number of nitrogens with zero attached hydrogens (tertiary/aromatic N) is 3. The molecule has 0 bridgehead atoms. The molecule has 31 heavy (non-hydrogen) atoms. The monoisotopic (exact) mass is 412 g/mol. The molecule has 1 amide bonds. The number of para-hydroxylation sites is 1. The summed E-state index contributed by atoms with van der Waals surface area (Å²) in [4.78, 5) is 24.9. The zero-order chi connectivity index (χ0) is 20.8. The summed E-state index contributed by atoms with van der Waals surface area (Å²) in [6, 6.07) is 16.2. The molecule has 1 aliphatic heterocycles. The number of aryl methyl sites for hydroxylation is 1. The van der Waals surface area contributed by atoms with Gasteiger partial charge >= 0.3 is 0 Å². The van der Waals surface area contributed by atoms with E-state index in [-0.39, 0.29) is 17.8 Å². The molecular weight excluding hydrogens is 388 g/mol. The van der Waals surface area contributed by atoms with Crippen molar-refractivity contribution in [3.8, 4) is 0 Å². The van der Waals surface area contributed by atoms with Crippen LogP contribution < -0.4 is 10.2 Å². The molecule has 1 aliphatic carbocycles. The Balaban J connectivity index is 1.42. The van der Waals surface area contributed by atoms with Crippen LogP contribution in [0, 0.1) is 0 Å². The average molecular weight is 412 g/mol. The van der Waals surface area contributed by atoms with Gasteiger partial charge in [0.2, 0.25) is 5.82 Å². The molecule has 1 unspecified atom stereocenters. The zero-order valence-electron chi connectivity index (χ0n) is 17.3. The second kappa shape index (κ2) is 7.38. The van der Waals surface area contributed by atoms with Gasteiger partial charge in [0.05, 0.1) is 6.04 Å². The van der Waals surface area contributed by atoms with Gasteiger partial charge in [-0.05, 0) is 55.4 Å². The lowest BCUT2D eigenvalue weighted by Gasteiger charge is -2.26. The number of hydrogen-bond acceptors (Lipinski definition) is 5. The van der Waals surface area contributed by atoms with E-state index in [9.17, 15) is 4.79 Å². The van der Waals surface area contributed by atoms with Gasteiger partial charge in [-0.1, -0.05) is 36.4 Å². The molecule has 0 radical (unpaired) electrons. The molecule has 1 atom stereocenters. The van der Waals surface area contributed by atoms with Crippen molar-refractivity contribution < 1.29 is 9.21 Å². The maximum atomic E-state index is 13.3. The van der Waals surface area contributed by atoms with Crippen molar-refractivity contribution in [3.63, 3.8) is 0 Å². The van der Waals surface area contributed by atoms with Crippen LogP contribution in [0.2, 0.25) is 0 Å². The molecule has 2 aromatic carbocycles. The van der Waals surface area contributed by atoms with Gasteiger partial charge in [-0.2, -0.15) is 0 Å². The number of rotatable bonds is 3. The molecule has 3 heterocycles. The summed E-state index contributed by atoms with van der Waals surface area (Å²) >= 11 is 0. The van der Waals surface area contributed by atoms with Crippen LogP contribution in [0.4, 0.5) is 5.82 Å². The number of amides is 1. The lowest BCUT2D eigenvalue weighted by molar-refractivity contribution is 0.0922. The van der Waals surface area contributed by atoms with Crippen LogP contribution in [-0.4, -0.2) is 29.0 Å². The van der Waals surface area contributed by atoms with Gasteiger partial charge in [0.25, 0.3) is 5.91 Å². The molecule has 0 spiro atoms.